The number of hydrogen-bond donors (Lipinski definition) is 0. The first kappa shape index (κ1) is 17.3. The second-order valence-corrected chi connectivity index (χ2v) is 5.99. The highest BCUT2D eigenvalue weighted by Crippen LogP contribution is 2.20. The van der Waals surface area contributed by atoms with Gasteiger partial charge in [0, 0.05) is 32.3 Å². The molecule has 0 aromatic carbocycles. The third kappa shape index (κ3) is 11.8. The maximum atomic E-state index is 11.6. The summed E-state index contributed by atoms with van der Waals surface area (Å²) in [6, 6.07) is 0. The Balaban J connectivity index is 3.35. The van der Waals surface area contributed by atoms with E-state index in [4.69, 9.17) is 4.74 Å². The lowest BCUT2D eigenvalue weighted by atomic mass is 9.88. The van der Waals surface area contributed by atoms with E-state index < -0.39 is 0 Å². The third-order valence-electron chi connectivity index (χ3n) is 2.64. The molecule has 18 heavy (non-hydrogen) atoms. The summed E-state index contributed by atoms with van der Waals surface area (Å²) in [5.74, 6) is 0.582. The molecule has 0 fully saturated rings. The molecule has 0 aliphatic carbocycles. The molecule has 0 radical (unpaired) electrons. The van der Waals surface area contributed by atoms with E-state index in [0.717, 1.165) is 12.8 Å². The summed E-state index contributed by atoms with van der Waals surface area (Å²) in [6.45, 7) is 9.28. The summed E-state index contributed by atoms with van der Waals surface area (Å²) in [7, 11) is 0. The molecule has 0 aromatic rings. The van der Waals surface area contributed by atoms with Crippen LogP contribution in [0.4, 0.5) is 0 Å². The van der Waals surface area contributed by atoms with Gasteiger partial charge in [-0.1, -0.05) is 27.7 Å². The van der Waals surface area contributed by atoms with Crippen molar-refractivity contribution in [2.75, 3.05) is 13.2 Å². The highest BCUT2D eigenvalue weighted by Gasteiger charge is 2.15. The Morgan fingerprint density at radius 3 is 2.17 bits per heavy atom. The van der Waals surface area contributed by atoms with E-state index in [-0.39, 0.29) is 11.2 Å². The topological polar surface area (TPSA) is 43.4 Å². The van der Waals surface area contributed by atoms with E-state index in [0.29, 0.717) is 44.7 Å². The molecule has 0 heterocycles. The average Bonchev–Trinajstić information content (AvgIpc) is 2.25. The minimum absolute atomic E-state index is 0.0914. The minimum Gasteiger partial charge on any atom is -0.381 e. The monoisotopic (exact) mass is 256 g/mol. The van der Waals surface area contributed by atoms with E-state index in [9.17, 15) is 9.59 Å². The van der Waals surface area contributed by atoms with Gasteiger partial charge in [-0.3, -0.25) is 9.59 Å². The first-order valence-corrected chi connectivity index (χ1v) is 6.96. The Labute approximate surface area is 111 Å². The minimum atomic E-state index is 0.0914. The van der Waals surface area contributed by atoms with Gasteiger partial charge in [0.1, 0.15) is 11.6 Å². The van der Waals surface area contributed by atoms with E-state index in [1.54, 1.807) is 0 Å². The molecule has 0 rings (SSSR count). The quantitative estimate of drug-likeness (QED) is 0.561. The average molecular weight is 256 g/mol. The van der Waals surface area contributed by atoms with E-state index in [2.05, 4.69) is 20.8 Å². The summed E-state index contributed by atoms with van der Waals surface area (Å²) in [4.78, 5) is 22.6. The summed E-state index contributed by atoms with van der Waals surface area (Å²) >= 11 is 0. The molecular formula is C15H28O3. The van der Waals surface area contributed by atoms with Gasteiger partial charge in [-0.05, 0) is 18.3 Å². The lowest BCUT2D eigenvalue weighted by Crippen LogP contribution is -2.12. The molecule has 3 nitrogen and oxygen atoms in total. The number of ether oxygens (including phenoxy) is 1. The summed E-state index contributed by atoms with van der Waals surface area (Å²) < 4.78 is 5.36. The number of unbranched alkanes of at least 4 members (excludes halogenated alkanes) is 1. The molecule has 0 saturated heterocycles. The van der Waals surface area contributed by atoms with Gasteiger partial charge in [0.25, 0.3) is 0 Å². The second-order valence-electron chi connectivity index (χ2n) is 5.99. The molecule has 0 aliphatic rings. The lowest BCUT2D eigenvalue weighted by Gasteiger charge is -2.16. The zero-order valence-corrected chi connectivity index (χ0v) is 12.4. The summed E-state index contributed by atoms with van der Waals surface area (Å²) in [5, 5.41) is 0. The maximum Gasteiger partial charge on any atom is 0.134 e. The van der Waals surface area contributed by atoms with Crippen LogP contribution in [0.3, 0.4) is 0 Å². The van der Waals surface area contributed by atoms with Crippen molar-refractivity contribution in [3.05, 3.63) is 0 Å². The molecule has 0 spiro atoms. The highest BCUT2D eigenvalue weighted by molar-refractivity contribution is 5.79. The molecule has 106 valence electrons. The van der Waals surface area contributed by atoms with Crippen LogP contribution in [0.25, 0.3) is 0 Å². The van der Waals surface area contributed by atoms with Gasteiger partial charge >= 0.3 is 0 Å². The van der Waals surface area contributed by atoms with Gasteiger partial charge in [0.2, 0.25) is 0 Å². The van der Waals surface area contributed by atoms with Crippen molar-refractivity contribution >= 4 is 11.6 Å². The maximum absolute atomic E-state index is 11.6. The Morgan fingerprint density at radius 2 is 1.61 bits per heavy atom. The lowest BCUT2D eigenvalue weighted by molar-refractivity contribution is -0.121. The molecule has 0 N–H and O–H groups in total. The third-order valence-corrected chi connectivity index (χ3v) is 2.64. The Morgan fingerprint density at radius 1 is 0.944 bits per heavy atom. The fourth-order valence-corrected chi connectivity index (χ4v) is 1.67. The number of rotatable bonds is 10. The zero-order valence-electron chi connectivity index (χ0n) is 12.4. The fourth-order valence-electron chi connectivity index (χ4n) is 1.67. The van der Waals surface area contributed by atoms with Gasteiger partial charge < -0.3 is 4.74 Å². The first-order valence-electron chi connectivity index (χ1n) is 6.96. The van der Waals surface area contributed by atoms with Crippen molar-refractivity contribution in [1.29, 1.82) is 0 Å². The van der Waals surface area contributed by atoms with Crippen LogP contribution < -0.4 is 0 Å². The molecule has 0 atom stereocenters. The van der Waals surface area contributed by atoms with Crippen LogP contribution in [-0.2, 0) is 14.3 Å². The zero-order chi connectivity index (χ0) is 14.0. The summed E-state index contributed by atoms with van der Waals surface area (Å²) in [5.41, 5.74) is 0.0914. The van der Waals surface area contributed by atoms with Crippen molar-refractivity contribution in [2.45, 2.75) is 66.2 Å². The van der Waals surface area contributed by atoms with Crippen molar-refractivity contribution in [2.24, 2.45) is 5.41 Å². The van der Waals surface area contributed by atoms with Crippen molar-refractivity contribution in [3.63, 3.8) is 0 Å². The number of Topliss-reactive ketones (excluding diaryl/α,β-unsaturated/α-hetero) is 2. The van der Waals surface area contributed by atoms with Gasteiger partial charge in [-0.2, -0.15) is 0 Å². The molecule has 0 aromatic heterocycles. The summed E-state index contributed by atoms with van der Waals surface area (Å²) in [6.07, 6.45) is 4.18. The van der Waals surface area contributed by atoms with Crippen LogP contribution in [-0.4, -0.2) is 24.8 Å². The smallest absolute Gasteiger partial charge is 0.134 e. The van der Waals surface area contributed by atoms with E-state index in [1.165, 1.54) is 0 Å². The number of carbonyl (C=O) groups excluding carboxylic acids is 2. The molecule has 3 heteroatoms. The van der Waals surface area contributed by atoms with Crippen LogP contribution in [0.5, 0.6) is 0 Å². The van der Waals surface area contributed by atoms with Gasteiger partial charge in [0.05, 0.1) is 6.61 Å². The number of hydrogen-bond acceptors (Lipinski definition) is 3. The Hall–Kier alpha value is -0.700. The van der Waals surface area contributed by atoms with Crippen molar-refractivity contribution in [3.8, 4) is 0 Å². The molecular weight excluding hydrogens is 228 g/mol. The van der Waals surface area contributed by atoms with Crippen LogP contribution >= 0.6 is 0 Å². The molecule has 0 bridgehead atoms. The second kappa shape index (κ2) is 9.26. The standard InChI is InChI=1S/C15H28O3/c1-5-13(16)9-11-18-10-7-6-8-14(17)12-15(2,3)4/h5-12H2,1-4H3. The van der Waals surface area contributed by atoms with Gasteiger partial charge in [0.15, 0.2) is 0 Å². The van der Waals surface area contributed by atoms with Crippen molar-refractivity contribution in [1.82, 2.24) is 0 Å². The van der Waals surface area contributed by atoms with Crippen LogP contribution in [0.1, 0.15) is 66.2 Å². The van der Waals surface area contributed by atoms with Crippen LogP contribution in [0, 0.1) is 5.41 Å². The molecule has 0 amide bonds. The van der Waals surface area contributed by atoms with E-state index in [1.807, 2.05) is 6.92 Å². The predicted molar refractivity (Wildman–Crippen MR) is 73.7 cm³/mol. The van der Waals surface area contributed by atoms with Gasteiger partial charge in [-0.15, -0.1) is 0 Å². The molecule has 0 unspecified atom stereocenters. The Kier molecular flexibility index (Phi) is 8.90. The number of ketones is 2. The number of carbonyl (C=O) groups is 2. The largest absolute Gasteiger partial charge is 0.381 e. The van der Waals surface area contributed by atoms with Crippen molar-refractivity contribution < 1.29 is 14.3 Å². The normalized spacial score (nSPS) is 11.6. The van der Waals surface area contributed by atoms with Gasteiger partial charge in [-0.25, -0.2) is 0 Å². The van der Waals surface area contributed by atoms with E-state index >= 15 is 0 Å². The van der Waals surface area contributed by atoms with Crippen LogP contribution in [0.15, 0.2) is 0 Å². The van der Waals surface area contributed by atoms with Crippen LogP contribution in [0.2, 0.25) is 0 Å². The predicted octanol–water partition coefficient (Wildman–Crippen LogP) is 3.55. The molecule has 0 aliphatic heterocycles. The molecule has 0 saturated carbocycles. The fraction of sp³-hybridized carbons (Fsp3) is 0.867. The first-order chi connectivity index (χ1) is 8.35. The SMILES string of the molecule is CCC(=O)CCOCCCCC(=O)CC(C)(C)C. The Bertz CT molecular complexity index is 251. The highest BCUT2D eigenvalue weighted by atomic mass is 16.5.